The van der Waals surface area contributed by atoms with Crippen LogP contribution in [0.2, 0.25) is 0 Å². The molecule has 3 heteroatoms. The first kappa shape index (κ1) is 14.0. The quantitative estimate of drug-likeness (QED) is 0.790. The molecule has 0 bridgehead atoms. The van der Waals surface area contributed by atoms with E-state index in [1.54, 1.807) is 0 Å². The van der Waals surface area contributed by atoms with Gasteiger partial charge in [0.1, 0.15) is 5.78 Å². The number of aliphatic hydroxyl groups is 1. The van der Waals surface area contributed by atoms with Crippen molar-refractivity contribution in [2.75, 3.05) is 19.7 Å². The molecule has 2 aliphatic carbocycles. The Hall–Kier alpha value is -0.410. The summed E-state index contributed by atoms with van der Waals surface area (Å²) in [6.07, 6.45) is 10.6. The number of carbonyl (C=O) groups is 1. The maximum absolute atomic E-state index is 11.7. The van der Waals surface area contributed by atoms with Crippen molar-refractivity contribution in [3.05, 3.63) is 0 Å². The average molecular weight is 253 g/mol. The highest BCUT2D eigenvalue weighted by Gasteiger charge is 2.26. The summed E-state index contributed by atoms with van der Waals surface area (Å²) in [7, 11) is 0. The Morgan fingerprint density at radius 1 is 1.06 bits per heavy atom. The molecule has 2 saturated carbocycles. The van der Waals surface area contributed by atoms with Gasteiger partial charge in [0.15, 0.2) is 0 Å². The highest BCUT2D eigenvalue weighted by Crippen LogP contribution is 2.27. The lowest BCUT2D eigenvalue weighted by atomic mass is 9.93. The summed E-state index contributed by atoms with van der Waals surface area (Å²) in [5, 5.41) is 9.20. The van der Waals surface area contributed by atoms with Crippen LogP contribution < -0.4 is 0 Å². The smallest absolute Gasteiger partial charge is 0.136 e. The fourth-order valence-electron chi connectivity index (χ4n) is 3.57. The van der Waals surface area contributed by atoms with Gasteiger partial charge in [-0.05, 0) is 38.6 Å². The van der Waals surface area contributed by atoms with Crippen LogP contribution in [-0.2, 0) is 4.79 Å². The van der Waals surface area contributed by atoms with E-state index in [1.807, 2.05) is 0 Å². The number of carbonyl (C=O) groups excluding carboxylic acids is 1. The first-order valence-corrected chi connectivity index (χ1v) is 7.69. The van der Waals surface area contributed by atoms with Crippen molar-refractivity contribution < 1.29 is 9.90 Å². The Kier molecular flexibility index (Phi) is 5.64. The molecule has 0 radical (unpaired) electrons. The highest BCUT2D eigenvalue weighted by atomic mass is 16.3. The molecule has 0 saturated heterocycles. The minimum atomic E-state index is 0.245. The van der Waals surface area contributed by atoms with E-state index in [0.29, 0.717) is 17.7 Å². The van der Waals surface area contributed by atoms with E-state index in [2.05, 4.69) is 4.90 Å². The summed E-state index contributed by atoms with van der Waals surface area (Å²) in [5.74, 6) is 0.789. The summed E-state index contributed by atoms with van der Waals surface area (Å²) >= 11 is 0. The summed E-state index contributed by atoms with van der Waals surface area (Å²) in [6, 6.07) is 0.655. The molecule has 0 aromatic carbocycles. The van der Waals surface area contributed by atoms with Crippen LogP contribution in [0, 0.1) is 5.92 Å². The summed E-state index contributed by atoms with van der Waals surface area (Å²) in [4.78, 5) is 14.1. The second kappa shape index (κ2) is 7.25. The van der Waals surface area contributed by atoms with Crippen molar-refractivity contribution >= 4 is 5.78 Å². The molecule has 0 aromatic heterocycles. The highest BCUT2D eigenvalue weighted by molar-refractivity contribution is 5.82. The van der Waals surface area contributed by atoms with Gasteiger partial charge < -0.3 is 5.11 Å². The van der Waals surface area contributed by atoms with Gasteiger partial charge in [0, 0.05) is 24.9 Å². The molecule has 2 aliphatic rings. The van der Waals surface area contributed by atoms with Gasteiger partial charge in [-0.2, -0.15) is 0 Å². The molecule has 0 aliphatic heterocycles. The normalized spacial score (nSPS) is 26.1. The van der Waals surface area contributed by atoms with Crippen LogP contribution in [-0.4, -0.2) is 41.5 Å². The van der Waals surface area contributed by atoms with Crippen molar-refractivity contribution in [1.29, 1.82) is 0 Å². The molecule has 0 aromatic rings. The minimum absolute atomic E-state index is 0.245. The molecule has 0 spiro atoms. The van der Waals surface area contributed by atoms with Gasteiger partial charge in [-0.15, -0.1) is 0 Å². The van der Waals surface area contributed by atoms with E-state index in [0.717, 1.165) is 38.8 Å². The zero-order valence-electron chi connectivity index (χ0n) is 11.4. The molecule has 0 heterocycles. The van der Waals surface area contributed by atoms with Crippen molar-refractivity contribution in [3.63, 3.8) is 0 Å². The second-order valence-electron chi connectivity index (χ2n) is 5.90. The van der Waals surface area contributed by atoms with Crippen LogP contribution in [0.25, 0.3) is 0 Å². The summed E-state index contributed by atoms with van der Waals surface area (Å²) in [5.41, 5.74) is 0. The third-order valence-corrected chi connectivity index (χ3v) is 4.67. The summed E-state index contributed by atoms with van der Waals surface area (Å²) < 4.78 is 0. The zero-order chi connectivity index (χ0) is 12.8. The van der Waals surface area contributed by atoms with Gasteiger partial charge in [0.05, 0.1) is 6.61 Å². The fraction of sp³-hybridized carbons (Fsp3) is 0.933. The van der Waals surface area contributed by atoms with E-state index < -0.39 is 0 Å². The van der Waals surface area contributed by atoms with Crippen molar-refractivity contribution in [2.45, 2.75) is 63.8 Å². The van der Waals surface area contributed by atoms with Crippen molar-refractivity contribution in [1.82, 2.24) is 4.90 Å². The number of ketones is 1. The molecule has 3 nitrogen and oxygen atoms in total. The molecule has 2 rings (SSSR count). The second-order valence-corrected chi connectivity index (χ2v) is 5.90. The van der Waals surface area contributed by atoms with Crippen LogP contribution in [0.1, 0.15) is 57.8 Å². The number of hydrogen-bond acceptors (Lipinski definition) is 3. The Balaban J connectivity index is 1.79. The van der Waals surface area contributed by atoms with Gasteiger partial charge in [-0.1, -0.05) is 19.3 Å². The molecule has 18 heavy (non-hydrogen) atoms. The number of Topliss-reactive ketones (excluding diaryl/α,β-unsaturated/α-hetero) is 1. The monoisotopic (exact) mass is 253 g/mol. The zero-order valence-corrected chi connectivity index (χ0v) is 11.4. The van der Waals surface area contributed by atoms with Crippen LogP contribution in [0.15, 0.2) is 0 Å². The van der Waals surface area contributed by atoms with E-state index >= 15 is 0 Å². The van der Waals surface area contributed by atoms with Gasteiger partial charge in [-0.25, -0.2) is 0 Å². The third-order valence-electron chi connectivity index (χ3n) is 4.67. The average Bonchev–Trinajstić information content (AvgIpc) is 2.81. The van der Waals surface area contributed by atoms with Gasteiger partial charge in [-0.3, -0.25) is 9.69 Å². The predicted octanol–water partition coefficient (Wildman–Crippen LogP) is 2.37. The molecular weight excluding hydrogens is 226 g/mol. The van der Waals surface area contributed by atoms with Crippen molar-refractivity contribution in [3.8, 4) is 0 Å². The Morgan fingerprint density at radius 3 is 2.44 bits per heavy atom. The Morgan fingerprint density at radius 2 is 1.83 bits per heavy atom. The minimum Gasteiger partial charge on any atom is -0.395 e. The van der Waals surface area contributed by atoms with Crippen LogP contribution >= 0.6 is 0 Å². The Bertz CT molecular complexity index is 261. The van der Waals surface area contributed by atoms with E-state index in [-0.39, 0.29) is 6.61 Å². The lowest BCUT2D eigenvalue weighted by Crippen LogP contribution is -2.40. The topological polar surface area (TPSA) is 40.5 Å². The number of nitrogens with zero attached hydrogens (tertiary/aromatic N) is 1. The molecule has 1 unspecified atom stereocenters. The van der Waals surface area contributed by atoms with E-state index in [9.17, 15) is 9.90 Å². The number of rotatable bonds is 6. The molecular formula is C15H27NO2. The SMILES string of the molecule is O=C1CCCC1CCN(CCO)C1CCCCC1. The van der Waals surface area contributed by atoms with E-state index in [1.165, 1.54) is 32.1 Å². The number of hydrogen-bond donors (Lipinski definition) is 1. The maximum atomic E-state index is 11.7. The lowest BCUT2D eigenvalue weighted by Gasteiger charge is -2.34. The molecule has 1 atom stereocenters. The summed E-state index contributed by atoms with van der Waals surface area (Å²) in [6.45, 7) is 2.03. The first-order valence-electron chi connectivity index (χ1n) is 7.69. The van der Waals surface area contributed by atoms with Gasteiger partial charge in [0.25, 0.3) is 0 Å². The maximum Gasteiger partial charge on any atom is 0.136 e. The van der Waals surface area contributed by atoms with E-state index in [4.69, 9.17) is 0 Å². The fourth-order valence-corrected chi connectivity index (χ4v) is 3.57. The van der Waals surface area contributed by atoms with Crippen LogP contribution in [0.3, 0.4) is 0 Å². The third kappa shape index (κ3) is 3.79. The van der Waals surface area contributed by atoms with Crippen LogP contribution in [0.4, 0.5) is 0 Å². The number of aliphatic hydroxyl groups excluding tert-OH is 1. The van der Waals surface area contributed by atoms with Gasteiger partial charge in [0.2, 0.25) is 0 Å². The molecule has 104 valence electrons. The molecule has 2 fully saturated rings. The predicted molar refractivity (Wildman–Crippen MR) is 72.5 cm³/mol. The standard InChI is InChI=1S/C15H27NO2/c17-12-11-16(14-6-2-1-3-7-14)10-9-13-5-4-8-15(13)18/h13-14,17H,1-12H2. The first-order chi connectivity index (χ1) is 8.81. The lowest BCUT2D eigenvalue weighted by molar-refractivity contribution is -0.120. The van der Waals surface area contributed by atoms with Gasteiger partial charge >= 0.3 is 0 Å². The van der Waals surface area contributed by atoms with Crippen LogP contribution in [0.5, 0.6) is 0 Å². The molecule has 0 amide bonds. The molecule has 1 N–H and O–H groups in total. The van der Waals surface area contributed by atoms with Crippen molar-refractivity contribution in [2.24, 2.45) is 5.92 Å². The largest absolute Gasteiger partial charge is 0.395 e. The Labute approximate surface area is 111 Å².